The highest BCUT2D eigenvalue weighted by Crippen LogP contribution is 2.38. The van der Waals surface area contributed by atoms with Gasteiger partial charge in [-0.25, -0.2) is 0 Å². The highest BCUT2D eigenvalue weighted by molar-refractivity contribution is 6.30. The number of halogens is 1. The molecule has 5 rings (SSSR count). The topological polar surface area (TPSA) is 44.8 Å². The number of hydrogen-bond acceptors (Lipinski definition) is 3. The van der Waals surface area contributed by atoms with Crippen LogP contribution in [0.5, 0.6) is 0 Å². The molecule has 0 amide bonds. The van der Waals surface area contributed by atoms with Crippen LogP contribution in [0.3, 0.4) is 0 Å². The van der Waals surface area contributed by atoms with Crippen molar-refractivity contribution in [2.45, 2.75) is 13.0 Å². The van der Waals surface area contributed by atoms with Crippen LogP contribution in [0.2, 0.25) is 5.02 Å². The van der Waals surface area contributed by atoms with Crippen molar-refractivity contribution in [2.75, 3.05) is 13.1 Å². The largest absolute Gasteiger partial charge is 0.295 e. The number of pyridine rings is 1. The fraction of sp³-hybridized carbons (Fsp3) is 0.154. The number of H-pyrrole nitrogens is 1. The molecule has 1 N–H and O–H groups in total. The Hall–Kier alpha value is -3.21. The van der Waals surface area contributed by atoms with Crippen LogP contribution in [0.15, 0.2) is 85.2 Å². The van der Waals surface area contributed by atoms with Crippen LogP contribution in [0.1, 0.15) is 17.7 Å². The van der Waals surface area contributed by atoms with E-state index in [0.29, 0.717) is 0 Å². The van der Waals surface area contributed by atoms with Gasteiger partial charge in [0.1, 0.15) is 5.69 Å². The molecule has 4 aromatic rings. The van der Waals surface area contributed by atoms with E-state index in [1.165, 1.54) is 11.1 Å². The molecule has 4 nitrogen and oxygen atoms in total. The normalized spacial score (nSPS) is 14.4. The van der Waals surface area contributed by atoms with Gasteiger partial charge >= 0.3 is 0 Å². The Labute approximate surface area is 187 Å². The van der Waals surface area contributed by atoms with E-state index in [4.69, 9.17) is 16.7 Å². The molecule has 0 saturated heterocycles. The zero-order valence-electron chi connectivity index (χ0n) is 17.1. The summed E-state index contributed by atoms with van der Waals surface area (Å²) < 4.78 is 0. The molecular weight excluding hydrogens is 404 g/mol. The zero-order valence-corrected chi connectivity index (χ0v) is 17.9. The van der Waals surface area contributed by atoms with Crippen molar-refractivity contribution in [2.24, 2.45) is 0 Å². The number of rotatable bonds is 5. The average Bonchev–Trinajstić information content (AvgIpc) is 3.26. The van der Waals surface area contributed by atoms with Crippen molar-refractivity contribution >= 4 is 17.2 Å². The molecule has 0 bridgehead atoms. The molecule has 1 aliphatic rings. The molecule has 154 valence electrons. The third-order valence-electron chi connectivity index (χ3n) is 5.72. The van der Waals surface area contributed by atoms with Crippen LogP contribution < -0.4 is 0 Å². The lowest BCUT2D eigenvalue weighted by Gasteiger charge is -2.26. The molecule has 3 heterocycles. The van der Waals surface area contributed by atoms with Gasteiger partial charge in [-0.1, -0.05) is 60.1 Å². The Kier molecular flexibility index (Phi) is 5.65. The molecule has 0 saturated carbocycles. The summed E-state index contributed by atoms with van der Waals surface area (Å²) in [6.45, 7) is 2.92. The van der Waals surface area contributed by atoms with E-state index in [0.717, 1.165) is 59.2 Å². The van der Waals surface area contributed by atoms with Crippen molar-refractivity contribution in [1.82, 2.24) is 20.1 Å². The highest BCUT2D eigenvalue weighted by atomic mass is 35.5. The molecule has 31 heavy (non-hydrogen) atoms. The number of aromatic amines is 1. The van der Waals surface area contributed by atoms with Gasteiger partial charge in [0, 0.05) is 48.2 Å². The fourth-order valence-corrected chi connectivity index (χ4v) is 4.24. The minimum absolute atomic E-state index is 0.721. The van der Waals surface area contributed by atoms with Crippen molar-refractivity contribution in [3.8, 4) is 22.4 Å². The molecule has 0 atom stereocenters. The average molecular weight is 427 g/mol. The Balaban J connectivity index is 1.47. The summed E-state index contributed by atoms with van der Waals surface area (Å²) in [6, 6.07) is 22.6. The van der Waals surface area contributed by atoms with Gasteiger partial charge in [0.05, 0.1) is 5.69 Å². The van der Waals surface area contributed by atoms with Gasteiger partial charge < -0.3 is 0 Å². The van der Waals surface area contributed by atoms with E-state index >= 15 is 0 Å². The first-order valence-corrected chi connectivity index (χ1v) is 10.9. The van der Waals surface area contributed by atoms with E-state index in [9.17, 15) is 0 Å². The van der Waals surface area contributed by atoms with Crippen LogP contribution in [0.4, 0.5) is 0 Å². The minimum atomic E-state index is 0.721. The molecule has 2 aromatic carbocycles. The zero-order chi connectivity index (χ0) is 21.0. The van der Waals surface area contributed by atoms with E-state index in [1.54, 1.807) is 0 Å². The Morgan fingerprint density at radius 1 is 0.903 bits per heavy atom. The monoisotopic (exact) mass is 426 g/mol. The second kappa shape index (κ2) is 8.88. The van der Waals surface area contributed by atoms with Gasteiger partial charge in [0.25, 0.3) is 0 Å². The van der Waals surface area contributed by atoms with Gasteiger partial charge in [-0.05, 0) is 47.4 Å². The maximum Gasteiger partial charge on any atom is 0.101 e. The van der Waals surface area contributed by atoms with Crippen LogP contribution in [-0.2, 0) is 6.54 Å². The van der Waals surface area contributed by atoms with Gasteiger partial charge in [0.15, 0.2) is 0 Å². The van der Waals surface area contributed by atoms with Crippen LogP contribution in [0, 0.1) is 0 Å². The second-order valence-electron chi connectivity index (χ2n) is 7.77. The SMILES string of the molecule is Clc1ccc(-c2n[nH]c(C3=CCN(Cc4ccccc4)CC3)c2-c2ccncc2)cc1. The van der Waals surface area contributed by atoms with Gasteiger partial charge in [0.2, 0.25) is 0 Å². The van der Waals surface area contributed by atoms with Gasteiger partial charge in [-0.15, -0.1) is 0 Å². The number of nitrogens with zero attached hydrogens (tertiary/aromatic N) is 3. The molecule has 0 unspecified atom stereocenters. The summed E-state index contributed by atoms with van der Waals surface area (Å²) in [4.78, 5) is 6.67. The smallest absolute Gasteiger partial charge is 0.101 e. The van der Waals surface area contributed by atoms with E-state index < -0.39 is 0 Å². The Bertz CT molecular complexity index is 1180. The molecule has 0 fully saturated rings. The maximum absolute atomic E-state index is 6.10. The summed E-state index contributed by atoms with van der Waals surface area (Å²) in [7, 11) is 0. The lowest BCUT2D eigenvalue weighted by atomic mass is 9.94. The van der Waals surface area contributed by atoms with E-state index in [-0.39, 0.29) is 0 Å². The van der Waals surface area contributed by atoms with Crippen LogP contribution in [0.25, 0.3) is 28.0 Å². The molecule has 0 aliphatic carbocycles. The first-order chi connectivity index (χ1) is 15.3. The molecule has 1 aliphatic heterocycles. The molecule has 5 heteroatoms. The first kappa shape index (κ1) is 19.7. The number of benzene rings is 2. The third-order valence-corrected chi connectivity index (χ3v) is 5.97. The van der Waals surface area contributed by atoms with Crippen LogP contribution >= 0.6 is 11.6 Å². The van der Waals surface area contributed by atoms with Gasteiger partial charge in [-0.3, -0.25) is 15.0 Å². The second-order valence-corrected chi connectivity index (χ2v) is 8.20. The quantitative estimate of drug-likeness (QED) is 0.420. The van der Waals surface area contributed by atoms with Crippen molar-refractivity contribution < 1.29 is 0 Å². The predicted molar refractivity (Wildman–Crippen MR) is 127 cm³/mol. The highest BCUT2D eigenvalue weighted by Gasteiger charge is 2.22. The molecular formula is C26H23ClN4. The summed E-state index contributed by atoms with van der Waals surface area (Å²) in [5, 5.41) is 8.76. The molecule has 2 aromatic heterocycles. The number of nitrogens with one attached hydrogen (secondary N) is 1. The minimum Gasteiger partial charge on any atom is -0.295 e. The standard InChI is InChI=1S/C26H23ClN4/c27-23-8-6-21(7-9-23)25-24(20-10-14-28-15-11-20)26(30-29-25)22-12-16-31(17-13-22)18-19-4-2-1-3-5-19/h1-12,14-15H,13,16-18H2,(H,29,30). The Morgan fingerprint density at radius 3 is 2.39 bits per heavy atom. The maximum atomic E-state index is 6.10. The summed E-state index contributed by atoms with van der Waals surface area (Å²) in [5.74, 6) is 0. The van der Waals surface area contributed by atoms with Crippen LogP contribution in [-0.4, -0.2) is 33.2 Å². The number of hydrogen-bond donors (Lipinski definition) is 1. The van der Waals surface area contributed by atoms with Crippen molar-refractivity contribution in [1.29, 1.82) is 0 Å². The van der Waals surface area contributed by atoms with Crippen molar-refractivity contribution in [3.05, 3.63) is 101 Å². The lowest BCUT2D eigenvalue weighted by molar-refractivity contribution is 0.294. The lowest BCUT2D eigenvalue weighted by Crippen LogP contribution is -2.28. The van der Waals surface area contributed by atoms with E-state index in [2.05, 4.69) is 51.4 Å². The predicted octanol–water partition coefficient (Wildman–Crippen LogP) is 6.08. The first-order valence-electron chi connectivity index (χ1n) is 10.5. The fourth-order valence-electron chi connectivity index (χ4n) is 4.11. The Morgan fingerprint density at radius 2 is 1.68 bits per heavy atom. The third kappa shape index (κ3) is 4.31. The molecule has 0 radical (unpaired) electrons. The van der Waals surface area contributed by atoms with Gasteiger partial charge in [-0.2, -0.15) is 5.10 Å². The van der Waals surface area contributed by atoms with Crippen molar-refractivity contribution in [3.63, 3.8) is 0 Å². The summed E-state index contributed by atoms with van der Waals surface area (Å²) in [5.41, 5.74) is 7.96. The summed E-state index contributed by atoms with van der Waals surface area (Å²) >= 11 is 6.10. The summed E-state index contributed by atoms with van der Waals surface area (Å²) in [6.07, 6.45) is 6.96. The van der Waals surface area contributed by atoms with E-state index in [1.807, 2.05) is 48.8 Å². The molecule has 0 spiro atoms. The number of aromatic nitrogens is 3.